The Morgan fingerprint density at radius 2 is 1.67 bits per heavy atom. The summed E-state index contributed by atoms with van der Waals surface area (Å²) < 4.78 is 0.831. The first-order valence-electron chi connectivity index (χ1n) is 2.51. The maximum Gasteiger partial charge on any atom is 0.0109 e. The van der Waals surface area contributed by atoms with Crippen molar-refractivity contribution >= 4 is 15.9 Å². The van der Waals surface area contributed by atoms with Crippen LogP contribution in [0, 0.1) is 0 Å². The summed E-state index contributed by atoms with van der Waals surface area (Å²) in [5, 5.41) is 0. The van der Waals surface area contributed by atoms with Gasteiger partial charge in [-0.25, -0.2) is 0 Å². The van der Waals surface area contributed by atoms with Gasteiger partial charge in [0.25, 0.3) is 0 Å². The molecule has 0 nitrogen and oxygen atoms in total. The van der Waals surface area contributed by atoms with Gasteiger partial charge in [0.2, 0.25) is 0 Å². The Hall–Kier alpha value is -0.560. The van der Waals surface area contributed by atoms with Crippen LogP contribution in [0.2, 0.25) is 0 Å². The Morgan fingerprint density at radius 3 is 1.78 bits per heavy atom. The highest BCUT2D eigenvalue weighted by Gasteiger charge is 1.81. The molecule has 0 saturated carbocycles. The van der Waals surface area contributed by atoms with Crippen molar-refractivity contribution < 1.29 is 0 Å². The lowest BCUT2D eigenvalue weighted by Gasteiger charge is -1.88. The Balaban J connectivity index is 4.24. The smallest absolute Gasteiger partial charge is 0.0109 e. The predicted molar refractivity (Wildman–Crippen MR) is 46.5 cm³/mol. The van der Waals surface area contributed by atoms with Crippen LogP contribution in [0.15, 0.2) is 48.0 Å². The maximum atomic E-state index is 3.64. The molecule has 0 aromatic rings. The van der Waals surface area contributed by atoms with Crippen LogP contribution in [-0.4, -0.2) is 0 Å². The molecule has 0 atom stereocenters. The molecule has 0 unspecified atom stereocenters. The van der Waals surface area contributed by atoms with Gasteiger partial charge in [0.15, 0.2) is 0 Å². The summed E-state index contributed by atoms with van der Waals surface area (Å²) >= 11 is 3.19. The molecule has 0 aromatic carbocycles. The molecule has 1 heteroatoms. The lowest BCUT2D eigenvalue weighted by molar-refractivity contribution is 1.72. The van der Waals surface area contributed by atoms with Crippen LogP contribution in [0.25, 0.3) is 0 Å². The molecule has 0 aromatic heterocycles. The van der Waals surface area contributed by atoms with Gasteiger partial charge < -0.3 is 0 Å². The van der Waals surface area contributed by atoms with Gasteiger partial charge in [0, 0.05) is 4.48 Å². The van der Waals surface area contributed by atoms with Crippen molar-refractivity contribution in [3.8, 4) is 0 Å². The van der Waals surface area contributed by atoms with Crippen molar-refractivity contribution in [3.63, 3.8) is 0 Å². The Labute approximate surface area is 64.4 Å². The first-order chi connectivity index (χ1) is 4.20. The standard InChI is InChI=1S/C8H9Br/c1-4-8(5-2)6-7(3)9/h4-6H,1-3H2. The van der Waals surface area contributed by atoms with Gasteiger partial charge in [-0.1, -0.05) is 47.8 Å². The molecule has 0 fully saturated rings. The van der Waals surface area contributed by atoms with E-state index in [0.29, 0.717) is 0 Å². The molecule has 0 N–H and O–H groups in total. The zero-order valence-corrected chi connectivity index (χ0v) is 6.82. The van der Waals surface area contributed by atoms with Crippen LogP contribution in [0.4, 0.5) is 0 Å². The maximum absolute atomic E-state index is 3.64. The summed E-state index contributed by atoms with van der Waals surface area (Å²) in [5.74, 6) is 0. The van der Waals surface area contributed by atoms with Crippen molar-refractivity contribution in [2.75, 3.05) is 0 Å². The van der Waals surface area contributed by atoms with Gasteiger partial charge in [-0.05, 0) is 11.6 Å². The van der Waals surface area contributed by atoms with Crippen LogP contribution in [0.3, 0.4) is 0 Å². The average Bonchev–Trinajstić information content (AvgIpc) is 1.82. The number of allylic oxidation sites excluding steroid dienone is 5. The molecule has 0 spiro atoms. The lowest BCUT2D eigenvalue weighted by Crippen LogP contribution is -1.66. The minimum absolute atomic E-state index is 0.831. The molecule has 0 rings (SSSR count). The predicted octanol–water partition coefficient (Wildman–Crippen LogP) is 3.19. The lowest BCUT2D eigenvalue weighted by atomic mass is 10.2. The molecular formula is C8H9Br. The molecule has 0 aliphatic carbocycles. The second-order valence-corrected chi connectivity index (χ2v) is 2.52. The summed E-state index contributed by atoms with van der Waals surface area (Å²) in [4.78, 5) is 0. The highest BCUT2D eigenvalue weighted by Crippen LogP contribution is 2.07. The average molecular weight is 185 g/mol. The highest BCUT2D eigenvalue weighted by molar-refractivity contribution is 9.11. The van der Waals surface area contributed by atoms with Gasteiger partial charge in [-0.3, -0.25) is 0 Å². The van der Waals surface area contributed by atoms with Gasteiger partial charge in [-0.2, -0.15) is 0 Å². The quantitative estimate of drug-likeness (QED) is 0.592. The van der Waals surface area contributed by atoms with Crippen molar-refractivity contribution in [1.29, 1.82) is 0 Å². The topological polar surface area (TPSA) is 0 Å². The third kappa shape index (κ3) is 3.98. The van der Waals surface area contributed by atoms with Crippen LogP contribution in [0.5, 0.6) is 0 Å². The molecule has 9 heavy (non-hydrogen) atoms. The van der Waals surface area contributed by atoms with E-state index in [1.807, 2.05) is 6.08 Å². The second-order valence-electron chi connectivity index (χ2n) is 1.50. The van der Waals surface area contributed by atoms with Crippen molar-refractivity contribution in [2.45, 2.75) is 0 Å². The summed E-state index contributed by atoms with van der Waals surface area (Å²) in [5.41, 5.74) is 0.969. The molecule has 48 valence electrons. The minimum atomic E-state index is 0.831. The van der Waals surface area contributed by atoms with E-state index in [9.17, 15) is 0 Å². The summed E-state index contributed by atoms with van der Waals surface area (Å²) in [6.07, 6.45) is 5.29. The molecule has 0 saturated heterocycles. The van der Waals surface area contributed by atoms with E-state index in [-0.39, 0.29) is 0 Å². The van der Waals surface area contributed by atoms with Gasteiger partial charge >= 0.3 is 0 Å². The summed E-state index contributed by atoms with van der Waals surface area (Å²) in [7, 11) is 0. The Morgan fingerprint density at radius 1 is 1.22 bits per heavy atom. The number of hydrogen-bond donors (Lipinski definition) is 0. The summed E-state index contributed by atoms with van der Waals surface area (Å²) in [6, 6.07) is 0. The fourth-order valence-corrected chi connectivity index (χ4v) is 0.646. The third-order valence-electron chi connectivity index (χ3n) is 0.795. The van der Waals surface area contributed by atoms with E-state index in [1.165, 1.54) is 0 Å². The molecule has 0 aliphatic rings. The van der Waals surface area contributed by atoms with Crippen LogP contribution in [0.1, 0.15) is 0 Å². The SMILES string of the molecule is C=CC(C=C)=CC(=C)Br. The summed E-state index contributed by atoms with van der Waals surface area (Å²) in [6.45, 7) is 10.8. The Bertz CT molecular complexity index is 153. The fraction of sp³-hybridized carbons (Fsp3) is 0. The van der Waals surface area contributed by atoms with E-state index in [1.54, 1.807) is 12.2 Å². The molecule has 0 aliphatic heterocycles. The highest BCUT2D eigenvalue weighted by atomic mass is 79.9. The van der Waals surface area contributed by atoms with E-state index in [4.69, 9.17) is 0 Å². The van der Waals surface area contributed by atoms with Gasteiger partial charge in [0.1, 0.15) is 0 Å². The first-order valence-corrected chi connectivity index (χ1v) is 3.31. The third-order valence-corrected chi connectivity index (χ3v) is 1.02. The van der Waals surface area contributed by atoms with Crippen molar-refractivity contribution in [2.24, 2.45) is 0 Å². The minimum Gasteiger partial charge on any atom is -0.0985 e. The van der Waals surface area contributed by atoms with E-state index in [0.717, 1.165) is 10.1 Å². The van der Waals surface area contributed by atoms with Crippen LogP contribution in [-0.2, 0) is 0 Å². The van der Waals surface area contributed by atoms with Crippen molar-refractivity contribution in [3.05, 3.63) is 48.0 Å². The van der Waals surface area contributed by atoms with E-state index in [2.05, 4.69) is 35.7 Å². The first kappa shape index (κ1) is 8.44. The number of rotatable bonds is 3. The number of hydrogen-bond acceptors (Lipinski definition) is 0. The molecule has 0 heterocycles. The fourth-order valence-electron chi connectivity index (χ4n) is 0.382. The zero-order valence-electron chi connectivity index (χ0n) is 5.23. The van der Waals surface area contributed by atoms with Gasteiger partial charge in [0.05, 0.1) is 0 Å². The Kier molecular flexibility index (Phi) is 4.06. The molecular weight excluding hydrogens is 176 g/mol. The monoisotopic (exact) mass is 184 g/mol. The second kappa shape index (κ2) is 4.33. The molecule has 0 bridgehead atoms. The number of halogens is 1. The normalized spacial score (nSPS) is 7.67. The van der Waals surface area contributed by atoms with Crippen molar-refractivity contribution in [1.82, 2.24) is 0 Å². The van der Waals surface area contributed by atoms with Crippen LogP contribution < -0.4 is 0 Å². The molecule has 0 radical (unpaired) electrons. The van der Waals surface area contributed by atoms with E-state index >= 15 is 0 Å². The zero-order chi connectivity index (χ0) is 7.28. The van der Waals surface area contributed by atoms with E-state index < -0.39 is 0 Å². The molecule has 0 amide bonds. The van der Waals surface area contributed by atoms with Gasteiger partial charge in [-0.15, -0.1) is 0 Å². The van der Waals surface area contributed by atoms with Crippen LogP contribution >= 0.6 is 15.9 Å². The largest absolute Gasteiger partial charge is 0.0985 e.